The van der Waals surface area contributed by atoms with Gasteiger partial charge in [0.05, 0.1) is 10.6 Å². The summed E-state index contributed by atoms with van der Waals surface area (Å²) in [6, 6.07) is 11.9. The van der Waals surface area contributed by atoms with E-state index in [1.54, 1.807) is 35.2 Å². The molecule has 0 aliphatic carbocycles. The molecule has 3 N–H and O–H groups in total. The Morgan fingerprint density at radius 2 is 2.00 bits per heavy atom. The van der Waals surface area contributed by atoms with Crippen LogP contribution in [0.3, 0.4) is 0 Å². The van der Waals surface area contributed by atoms with E-state index in [0.29, 0.717) is 23.0 Å². The van der Waals surface area contributed by atoms with Gasteiger partial charge in [-0.3, -0.25) is 5.41 Å². The number of nitrogens with two attached hydrogens (primary N) is 1. The second-order valence-electron chi connectivity index (χ2n) is 5.05. The Balaban J connectivity index is 2.05. The first-order chi connectivity index (χ1) is 11.1. The third kappa shape index (κ3) is 2.96. The van der Waals surface area contributed by atoms with Gasteiger partial charge in [-0.1, -0.05) is 41.9 Å². The van der Waals surface area contributed by atoms with Crippen molar-refractivity contribution in [1.29, 1.82) is 5.41 Å². The van der Waals surface area contributed by atoms with Gasteiger partial charge < -0.3 is 10.3 Å². The van der Waals surface area contributed by atoms with Crippen LogP contribution in [-0.2, 0) is 6.54 Å². The number of imidazole rings is 1. The third-order valence-electron chi connectivity index (χ3n) is 3.55. The van der Waals surface area contributed by atoms with E-state index in [-0.39, 0.29) is 11.4 Å². The molecule has 0 unspecified atom stereocenters. The van der Waals surface area contributed by atoms with Crippen molar-refractivity contribution in [2.75, 3.05) is 0 Å². The Bertz CT molecular complexity index is 852. The normalized spacial score (nSPS) is 10.7. The Hall–Kier alpha value is -2.66. The molecule has 0 saturated heterocycles. The summed E-state index contributed by atoms with van der Waals surface area (Å²) in [4.78, 5) is 4.23. The first-order valence-corrected chi connectivity index (χ1v) is 7.33. The van der Waals surface area contributed by atoms with Gasteiger partial charge in [-0.15, -0.1) is 0 Å². The predicted octanol–water partition coefficient (Wildman–Crippen LogP) is 3.67. The monoisotopic (exact) mass is 328 g/mol. The van der Waals surface area contributed by atoms with E-state index in [1.165, 1.54) is 6.07 Å². The van der Waals surface area contributed by atoms with E-state index in [1.807, 2.05) is 18.2 Å². The number of nitrogens with zero attached hydrogens (tertiary/aromatic N) is 2. The van der Waals surface area contributed by atoms with Gasteiger partial charge in [0.15, 0.2) is 0 Å². The molecule has 6 heteroatoms. The number of benzene rings is 2. The Morgan fingerprint density at radius 1 is 1.22 bits per heavy atom. The number of nitrogen functional groups attached to an aromatic ring is 1. The van der Waals surface area contributed by atoms with Crippen LogP contribution in [0.25, 0.3) is 11.4 Å². The van der Waals surface area contributed by atoms with E-state index in [9.17, 15) is 4.39 Å². The van der Waals surface area contributed by atoms with Gasteiger partial charge in [-0.05, 0) is 17.7 Å². The minimum absolute atomic E-state index is 0.00816. The van der Waals surface area contributed by atoms with Crippen molar-refractivity contribution >= 4 is 17.4 Å². The number of amidine groups is 1. The number of hydrogen-bond acceptors (Lipinski definition) is 2. The lowest BCUT2D eigenvalue weighted by atomic mass is 10.1. The van der Waals surface area contributed by atoms with E-state index >= 15 is 0 Å². The van der Waals surface area contributed by atoms with Crippen molar-refractivity contribution in [3.05, 3.63) is 76.8 Å². The molecule has 0 aliphatic heterocycles. The zero-order valence-electron chi connectivity index (χ0n) is 12.1. The highest BCUT2D eigenvalue weighted by atomic mass is 35.5. The molecule has 2 aromatic carbocycles. The summed E-state index contributed by atoms with van der Waals surface area (Å²) in [5.74, 6) is 0.00227. The minimum Gasteiger partial charge on any atom is -0.384 e. The van der Waals surface area contributed by atoms with Crippen LogP contribution >= 0.6 is 11.6 Å². The van der Waals surface area contributed by atoms with Crippen LogP contribution in [0.15, 0.2) is 54.9 Å². The molecule has 4 nitrogen and oxygen atoms in total. The fourth-order valence-electron chi connectivity index (χ4n) is 2.48. The van der Waals surface area contributed by atoms with Crippen molar-refractivity contribution in [3.8, 4) is 11.4 Å². The van der Waals surface area contributed by atoms with E-state index in [4.69, 9.17) is 22.7 Å². The number of nitrogens with one attached hydrogen (secondary N) is 1. The van der Waals surface area contributed by atoms with Crippen LogP contribution in [0.5, 0.6) is 0 Å². The second kappa shape index (κ2) is 6.22. The Labute approximate surface area is 137 Å². The van der Waals surface area contributed by atoms with Crippen LogP contribution in [0.4, 0.5) is 4.39 Å². The van der Waals surface area contributed by atoms with Crippen LogP contribution < -0.4 is 5.73 Å². The highest BCUT2D eigenvalue weighted by molar-refractivity contribution is 6.33. The molecule has 0 fully saturated rings. The summed E-state index contributed by atoms with van der Waals surface area (Å²) in [7, 11) is 0. The second-order valence-corrected chi connectivity index (χ2v) is 5.45. The molecule has 0 saturated carbocycles. The smallest absolute Gasteiger partial charge is 0.144 e. The summed E-state index contributed by atoms with van der Waals surface area (Å²) < 4.78 is 15.9. The highest BCUT2D eigenvalue weighted by Crippen LogP contribution is 2.29. The summed E-state index contributed by atoms with van der Waals surface area (Å²) in [6.45, 7) is 0.412. The average Bonchev–Trinajstić information content (AvgIpc) is 2.95. The van der Waals surface area contributed by atoms with Crippen LogP contribution in [0, 0.1) is 11.2 Å². The average molecular weight is 329 g/mol. The van der Waals surface area contributed by atoms with Gasteiger partial charge in [0.1, 0.15) is 17.5 Å². The number of aromatic nitrogens is 2. The number of halogens is 2. The van der Waals surface area contributed by atoms with Crippen molar-refractivity contribution in [3.63, 3.8) is 0 Å². The summed E-state index contributed by atoms with van der Waals surface area (Å²) in [6.07, 6.45) is 3.34. The zero-order valence-corrected chi connectivity index (χ0v) is 12.9. The molecule has 0 aliphatic rings. The molecule has 116 valence electrons. The maximum Gasteiger partial charge on any atom is 0.144 e. The van der Waals surface area contributed by atoms with E-state index in [0.717, 1.165) is 5.56 Å². The molecule has 23 heavy (non-hydrogen) atoms. The molecule has 0 bridgehead atoms. The maximum atomic E-state index is 14.1. The molecule has 3 rings (SSSR count). The van der Waals surface area contributed by atoms with Crippen molar-refractivity contribution < 1.29 is 4.39 Å². The van der Waals surface area contributed by atoms with Crippen LogP contribution in [-0.4, -0.2) is 15.4 Å². The molecular weight excluding hydrogens is 315 g/mol. The SMILES string of the molecule is N=C(N)c1ccccc1Cn1ccnc1-c1c(F)cccc1Cl. The van der Waals surface area contributed by atoms with Crippen molar-refractivity contribution in [2.45, 2.75) is 6.54 Å². The van der Waals surface area contributed by atoms with Gasteiger partial charge in [0, 0.05) is 24.5 Å². The number of hydrogen-bond donors (Lipinski definition) is 2. The van der Waals surface area contributed by atoms with Crippen molar-refractivity contribution in [1.82, 2.24) is 9.55 Å². The predicted molar refractivity (Wildman–Crippen MR) is 89.2 cm³/mol. The van der Waals surface area contributed by atoms with Gasteiger partial charge >= 0.3 is 0 Å². The van der Waals surface area contributed by atoms with E-state index in [2.05, 4.69) is 4.98 Å². The molecular formula is C17H14ClFN4. The third-order valence-corrected chi connectivity index (χ3v) is 3.87. The highest BCUT2D eigenvalue weighted by Gasteiger charge is 2.16. The largest absolute Gasteiger partial charge is 0.384 e. The fraction of sp³-hybridized carbons (Fsp3) is 0.0588. The summed E-state index contributed by atoms with van der Waals surface area (Å²) in [5.41, 5.74) is 7.38. The topological polar surface area (TPSA) is 67.7 Å². The molecule has 0 atom stereocenters. The standard InChI is InChI=1S/C17H14ClFN4/c18-13-6-3-7-14(19)15(13)17-22-8-9-23(17)10-11-4-1-2-5-12(11)16(20)21/h1-9H,10H2,(H3,20,21). The van der Waals surface area contributed by atoms with Crippen LogP contribution in [0.2, 0.25) is 5.02 Å². The fourth-order valence-corrected chi connectivity index (χ4v) is 2.73. The lowest BCUT2D eigenvalue weighted by Crippen LogP contribution is -2.15. The molecule has 0 spiro atoms. The molecule has 1 heterocycles. The molecule has 3 aromatic rings. The minimum atomic E-state index is -0.426. The molecule has 0 amide bonds. The van der Waals surface area contributed by atoms with Gasteiger partial charge in [0.25, 0.3) is 0 Å². The zero-order chi connectivity index (χ0) is 16.4. The first kappa shape index (κ1) is 15.2. The summed E-state index contributed by atoms with van der Waals surface area (Å²) in [5, 5.41) is 7.97. The molecule has 1 aromatic heterocycles. The van der Waals surface area contributed by atoms with Crippen LogP contribution in [0.1, 0.15) is 11.1 Å². The Kier molecular flexibility index (Phi) is 4.12. The maximum absolute atomic E-state index is 14.1. The van der Waals surface area contributed by atoms with Gasteiger partial charge in [0.2, 0.25) is 0 Å². The lowest BCUT2D eigenvalue weighted by molar-refractivity contribution is 0.628. The van der Waals surface area contributed by atoms with Gasteiger partial charge in [-0.2, -0.15) is 0 Å². The molecule has 0 radical (unpaired) electrons. The van der Waals surface area contributed by atoms with Crippen molar-refractivity contribution in [2.24, 2.45) is 5.73 Å². The van der Waals surface area contributed by atoms with Gasteiger partial charge in [-0.25, -0.2) is 9.37 Å². The quantitative estimate of drug-likeness (QED) is 0.566. The Morgan fingerprint density at radius 3 is 2.74 bits per heavy atom. The van der Waals surface area contributed by atoms with E-state index < -0.39 is 5.82 Å². The summed E-state index contributed by atoms with van der Waals surface area (Å²) >= 11 is 6.13. The number of rotatable bonds is 4. The first-order valence-electron chi connectivity index (χ1n) is 6.95. The lowest BCUT2D eigenvalue weighted by Gasteiger charge is -2.12.